The number of ether oxygens (including phenoxy) is 1. The quantitative estimate of drug-likeness (QED) is 0.733. The average molecular weight is 270 g/mol. The molecule has 1 aliphatic heterocycles. The first-order chi connectivity index (χ1) is 9.04. The van der Waals surface area contributed by atoms with E-state index in [1.807, 2.05) is 0 Å². The van der Waals surface area contributed by atoms with Crippen LogP contribution in [-0.4, -0.2) is 48.8 Å². The maximum atomic E-state index is 5.85. The molecule has 1 heterocycles. The second kappa shape index (κ2) is 8.23. The van der Waals surface area contributed by atoms with Gasteiger partial charge in [0.2, 0.25) is 0 Å². The number of nitrogens with one attached hydrogen (secondary N) is 1. The zero-order chi connectivity index (χ0) is 14.3. The summed E-state index contributed by atoms with van der Waals surface area (Å²) < 4.78 is 5.85. The molecule has 3 nitrogen and oxygen atoms in total. The van der Waals surface area contributed by atoms with Crippen LogP contribution in [0.1, 0.15) is 60.3 Å². The van der Waals surface area contributed by atoms with Crippen LogP contribution in [0.4, 0.5) is 0 Å². The van der Waals surface area contributed by atoms with E-state index in [2.05, 4.69) is 44.8 Å². The van der Waals surface area contributed by atoms with Crippen molar-refractivity contribution in [3.05, 3.63) is 0 Å². The van der Waals surface area contributed by atoms with Crippen LogP contribution in [0.15, 0.2) is 0 Å². The van der Waals surface area contributed by atoms with Gasteiger partial charge in [0.05, 0.1) is 12.2 Å². The number of hydrogen-bond acceptors (Lipinski definition) is 3. The monoisotopic (exact) mass is 270 g/mol. The molecule has 1 saturated heterocycles. The molecule has 114 valence electrons. The van der Waals surface area contributed by atoms with Crippen LogP contribution in [0.25, 0.3) is 0 Å². The smallest absolute Gasteiger partial charge is 0.0753 e. The molecule has 19 heavy (non-hydrogen) atoms. The van der Waals surface area contributed by atoms with E-state index < -0.39 is 0 Å². The highest BCUT2D eigenvalue weighted by Gasteiger charge is 2.33. The SMILES string of the molecule is CCCNC(CCC)C(CC)N1CCOC(C)(C)C1. The lowest BCUT2D eigenvalue weighted by molar-refractivity contribution is -0.101. The first-order valence-corrected chi connectivity index (χ1v) is 8.15. The van der Waals surface area contributed by atoms with Gasteiger partial charge in [0, 0.05) is 25.2 Å². The third kappa shape index (κ3) is 5.41. The minimum absolute atomic E-state index is 0.00713. The second-order valence-corrected chi connectivity index (χ2v) is 6.40. The van der Waals surface area contributed by atoms with Gasteiger partial charge in [0.15, 0.2) is 0 Å². The van der Waals surface area contributed by atoms with E-state index in [1.165, 1.54) is 25.7 Å². The Morgan fingerprint density at radius 2 is 1.95 bits per heavy atom. The Morgan fingerprint density at radius 1 is 1.21 bits per heavy atom. The van der Waals surface area contributed by atoms with Crippen LogP contribution in [-0.2, 0) is 4.74 Å². The first-order valence-electron chi connectivity index (χ1n) is 8.15. The fourth-order valence-corrected chi connectivity index (χ4v) is 3.20. The molecule has 0 amide bonds. The van der Waals surface area contributed by atoms with Gasteiger partial charge in [-0.25, -0.2) is 0 Å². The molecule has 0 aromatic heterocycles. The molecule has 1 fully saturated rings. The molecule has 2 atom stereocenters. The van der Waals surface area contributed by atoms with Gasteiger partial charge >= 0.3 is 0 Å². The summed E-state index contributed by atoms with van der Waals surface area (Å²) in [5.41, 5.74) is 0.00713. The van der Waals surface area contributed by atoms with E-state index >= 15 is 0 Å². The van der Waals surface area contributed by atoms with E-state index in [9.17, 15) is 0 Å². The Labute approximate surface area is 120 Å². The predicted octanol–water partition coefficient (Wildman–Crippen LogP) is 3.04. The minimum Gasteiger partial charge on any atom is -0.373 e. The Bertz CT molecular complexity index is 243. The zero-order valence-electron chi connectivity index (χ0n) is 13.7. The maximum Gasteiger partial charge on any atom is 0.0753 e. The molecule has 1 N–H and O–H groups in total. The molecule has 0 radical (unpaired) electrons. The van der Waals surface area contributed by atoms with Crippen molar-refractivity contribution in [3.8, 4) is 0 Å². The molecule has 2 unspecified atom stereocenters. The molecule has 0 spiro atoms. The van der Waals surface area contributed by atoms with Crippen molar-refractivity contribution in [2.24, 2.45) is 0 Å². The largest absolute Gasteiger partial charge is 0.373 e. The fourth-order valence-electron chi connectivity index (χ4n) is 3.20. The lowest BCUT2D eigenvalue weighted by Gasteiger charge is -2.44. The lowest BCUT2D eigenvalue weighted by Crippen LogP contribution is -2.57. The van der Waals surface area contributed by atoms with Crippen LogP contribution in [0.3, 0.4) is 0 Å². The predicted molar refractivity (Wildman–Crippen MR) is 82.7 cm³/mol. The highest BCUT2D eigenvalue weighted by atomic mass is 16.5. The van der Waals surface area contributed by atoms with Gasteiger partial charge in [-0.2, -0.15) is 0 Å². The zero-order valence-corrected chi connectivity index (χ0v) is 13.7. The molecule has 0 bridgehead atoms. The van der Waals surface area contributed by atoms with Crippen molar-refractivity contribution >= 4 is 0 Å². The number of rotatable bonds is 8. The van der Waals surface area contributed by atoms with Gasteiger partial charge in [0.25, 0.3) is 0 Å². The van der Waals surface area contributed by atoms with Crippen LogP contribution in [0.5, 0.6) is 0 Å². The third-order valence-electron chi connectivity index (χ3n) is 4.06. The summed E-state index contributed by atoms with van der Waals surface area (Å²) in [6.45, 7) is 15.4. The highest BCUT2D eigenvalue weighted by molar-refractivity contribution is 4.89. The van der Waals surface area contributed by atoms with Crippen molar-refractivity contribution in [1.82, 2.24) is 10.2 Å². The molecule has 1 rings (SSSR count). The maximum absolute atomic E-state index is 5.85. The lowest BCUT2D eigenvalue weighted by atomic mass is 9.96. The van der Waals surface area contributed by atoms with E-state index in [0.29, 0.717) is 12.1 Å². The van der Waals surface area contributed by atoms with Crippen LogP contribution in [0.2, 0.25) is 0 Å². The fraction of sp³-hybridized carbons (Fsp3) is 1.00. The van der Waals surface area contributed by atoms with Gasteiger partial charge in [-0.05, 0) is 39.7 Å². The Hall–Kier alpha value is -0.120. The molecule has 3 heteroatoms. The summed E-state index contributed by atoms with van der Waals surface area (Å²) >= 11 is 0. The van der Waals surface area contributed by atoms with Gasteiger partial charge in [0.1, 0.15) is 0 Å². The minimum atomic E-state index is 0.00713. The third-order valence-corrected chi connectivity index (χ3v) is 4.06. The summed E-state index contributed by atoms with van der Waals surface area (Å²) in [4.78, 5) is 2.65. The van der Waals surface area contributed by atoms with Crippen LogP contribution < -0.4 is 5.32 Å². The van der Waals surface area contributed by atoms with Crippen molar-refractivity contribution in [2.75, 3.05) is 26.2 Å². The van der Waals surface area contributed by atoms with Crippen molar-refractivity contribution in [2.45, 2.75) is 78.0 Å². The number of nitrogens with zero attached hydrogens (tertiary/aromatic N) is 1. The van der Waals surface area contributed by atoms with Gasteiger partial charge in [-0.1, -0.05) is 27.2 Å². The summed E-state index contributed by atoms with van der Waals surface area (Å²) in [5.74, 6) is 0. The Kier molecular flexibility index (Phi) is 7.33. The molecule has 0 aliphatic carbocycles. The molecular formula is C16H34N2O. The molecule has 0 saturated carbocycles. The van der Waals surface area contributed by atoms with E-state index in [1.54, 1.807) is 0 Å². The molecular weight excluding hydrogens is 236 g/mol. The van der Waals surface area contributed by atoms with Crippen molar-refractivity contribution < 1.29 is 4.74 Å². The Morgan fingerprint density at radius 3 is 2.47 bits per heavy atom. The standard InChI is InChI=1S/C16H34N2O/c1-6-9-14(17-10-7-2)15(8-3)18-11-12-19-16(4,5)13-18/h14-15,17H,6-13H2,1-5H3. The molecule has 0 aromatic rings. The van der Waals surface area contributed by atoms with Crippen molar-refractivity contribution in [3.63, 3.8) is 0 Å². The van der Waals surface area contributed by atoms with Gasteiger partial charge < -0.3 is 10.1 Å². The van der Waals surface area contributed by atoms with E-state index in [4.69, 9.17) is 4.74 Å². The van der Waals surface area contributed by atoms with Gasteiger partial charge in [-0.3, -0.25) is 4.90 Å². The van der Waals surface area contributed by atoms with Gasteiger partial charge in [-0.15, -0.1) is 0 Å². The molecule has 0 aromatic carbocycles. The summed E-state index contributed by atoms with van der Waals surface area (Å²) in [5, 5.41) is 3.76. The van der Waals surface area contributed by atoms with Crippen molar-refractivity contribution in [1.29, 1.82) is 0 Å². The summed E-state index contributed by atoms with van der Waals surface area (Å²) in [6, 6.07) is 1.28. The Balaban J connectivity index is 2.66. The van der Waals surface area contributed by atoms with Crippen LogP contribution >= 0.6 is 0 Å². The van der Waals surface area contributed by atoms with Crippen LogP contribution in [0, 0.1) is 0 Å². The second-order valence-electron chi connectivity index (χ2n) is 6.40. The topological polar surface area (TPSA) is 24.5 Å². The number of hydrogen-bond donors (Lipinski definition) is 1. The van der Waals surface area contributed by atoms with E-state index in [-0.39, 0.29) is 5.60 Å². The number of morpholine rings is 1. The first kappa shape index (κ1) is 16.9. The summed E-state index contributed by atoms with van der Waals surface area (Å²) in [6.07, 6.45) is 4.96. The summed E-state index contributed by atoms with van der Waals surface area (Å²) in [7, 11) is 0. The normalized spacial score (nSPS) is 23.2. The highest BCUT2D eigenvalue weighted by Crippen LogP contribution is 2.22. The average Bonchev–Trinajstić information content (AvgIpc) is 2.35. The van der Waals surface area contributed by atoms with E-state index in [0.717, 1.165) is 26.2 Å². The molecule has 1 aliphatic rings.